The summed E-state index contributed by atoms with van der Waals surface area (Å²) in [5.41, 5.74) is 0. The Morgan fingerprint density at radius 3 is 1.31 bits per heavy atom. The summed E-state index contributed by atoms with van der Waals surface area (Å²) < 4.78 is 34.4. The van der Waals surface area contributed by atoms with Gasteiger partial charge in [-0.1, -0.05) is 202 Å². The number of unbranched alkanes of at least 4 members (excludes halogenated alkanes) is 21. The number of rotatable bonds is 49. The average Bonchev–Trinajstić information content (AvgIpc) is 3.45. The first kappa shape index (κ1) is 71.3. The summed E-state index contributed by atoms with van der Waals surface area (Å²) in [4.78, 5) is 13.1. The van der Waals surface area contributed by atoms with Crippen LogP contribution in [-0.2, 0) is 33.2 Å². The molecule has 11 unspecified atom stereocenters. The molecule has 7 N–H and O–H groups in total. The maximum Gasteiger partial charge on any atom is 0.306 e. The zero-order chi connectivity index (χ0) is 56.5. The Morgan fingerprint density at radius 2 is 0.833 bits per heavy atom. The van der Waals surface area contributed by atoms with Gasteiger partial charge >= 0.3 is 5.97 Å². The molecule has 14 nitrogen and oxygen atoms in total. The molecular formula is C64H110O14. The van der Waals surface area contributed by atoms with Crippen LogP contribution in [0.2, 0.25) is 0 Å². The highest BCUT2D eigenvalue weighted by molar-refractivity contribution is 5.69. The summed E-state index contributed by atoms with van der Waals surface area (Å²) in [7, 11) is 0. The molecule has 450 valence electrons. The van der Waals surface area contributed by atoms with Crippen LogP contribution >= 0.6 is 0 Å². The monoisotopic (exact) mass is 1100 g/mol. The van der Waals surface area contributed by atoms with Crippen molar-refractivity contribution in [1.29, 1.82) is 0 Å². The highest BCUT2D eigenvalue weighted by Crippen LogP contribution is 2.27. The van der Waals surface area contributed by atoms with Crippen molar-refractivity contribution in [3.8, 4) is 0 Å². The molecule has 2 aliphatic rings. The van der Waals surface area contributed by atoms with E-state index in [-0.39, 0.29) is 25.6 Å². The van der Waals surface area contributed by atoms with Gasteiger partial charge in [0.05, 0.1) is 26.4 Å². The van der Waals surface area contributed by atoms with Gasteiger partial charge in [0.15, 0.2) is 12.6 Å². The molecule has 0 aliphatic carbocycles. The normalized spacial score (nSPS) is 24.7. The zero-order valence-electron chi connectivity index (χ0n) is 48.4. The highest BCUT2D eigenvalue weighted by Gasteiger charge is 2.47. The van der Waals surface area contributed by atoms with E-state index in [0.717, 1.165) is 89.9 Å². The molecule has 0 saturated carbocycles. The van der Waals surface area contributed by atoms with Gasteiger partial charge in [-0.15, -0.1) is 0 Å². The molecule has 2 fully saturated rings. The smallest absolute Gasteiger partial charge is 0.306 e. The zero-order valence-corrected chi connectivity index (χ0v) is 48.4. The quantitative estimate of drug-likeness (QED) is 0.0172. The van der Waals surface area contributed by atoms with E-state index in [4.69, 9.17) is 28.4 Å². The molecule has 0 spiro atoms. The summed E-state index contributed by atoms with van der Waals surface area (Å²) in [5.74, 6) is -0.387. The largest absolute Gasteiger partial charge is 0.457 e. The van der Waals surface area contributed by atoms with E-state index in [1.807, 2.05) is 0 Å². The second-order valence-corrected chi connectivity index (χ2v) is 21.1. The van der Waals surface area contributed by atoms with Crippen molar-refractivity contribution < 1.29 is 69.0 Å². The number of carbonyl (C=O) groups excluding carboxylic acids is 1. The van der Waals surface area contributed by atoms with Gasteiger partial charge < -0.3 is 64.2 Å². The molecular weight excluding hydrogens is 993 g/mol. The molecule has 2 aliphatic heterocycles. The number of esters is 1. The van der Waals surface area contributed by atoms with Crippen molar-refractivity contribution >= 4 is 5.97 Å². The third kappa shape index (κ3) is 35.8. The van der Waals surface area contributed by atoms with Gasteiger partial charge in [0.1, 0.15) is 54.9 Å². The van der Waals surface area contributed by atoms with Crippen LogP contribution in [0.5, 0.6) is 0 Å². The van der Waals surface area contributed by atoms with Crippen molar-refractivity contribution in [3.05, 3.63) is 85.1 Å². The van der Waals surface area contributed by atoms with Crippen LogP contribution in [0.4, 0.5) is 0 Å². The molecule has 0 aromatic heterocycles. The lowest BCUT2D eigenvalue weighted by atomic mass is 9.98. The van der Waals surface area contributed by atoms with Crippen LogP contribution in [-0.4, -0.2) is 142 Å². The van der Waals surface area contributed by atoms with Crippen molar-refractivity contribution in [2.24, 2.45) is 0 Å². The number of allylic oxidation sites excluding steroid dienone is 14. The van der Waals surface area contributed by atoms with E-state index < -0.39 is 80.7 Å². The summed E-state index contributed by atoms with van der Waals surface area (Å²) in [6.07, 6.45) is 49.2. The maximum absolute atomic E-state index is 13.1. The predicted octanol–water partition coefficient (Wildman–Crippen LogP) is 11.6. The van der Waals surface area contributed by atoms with Gasteiger partial charge in [0.25, 0.3) is 0 Å². The van der Waals surface area contributed by atoms with E-state index >= 15 is 0 Å². The van der Waals surface area contributed by atoms with E-state index in [1.165, 1.54) is 96.3 Å². The minimum atomic E-state index is -1.71. The molecule has 2 saturated heterocycles. The maximum atomic E-state index is 13.1. The van der Waals surface area contributed by atoms with Gasteiger partial charge in [-0.2, -0.15) is 0 Å². The van der Waals surface area contributed by atoms with E-state index in [1.54, 1.807) is 0 Å². The minimum absolute atomic E-state index is 0.0511. The summed E-state index contributed by atoms with van der Waals surface area (Å²) in [6, 6.07) is 0. The fraction of sp³-hybridized carbons (Fsp3) is 0.766. The molecule has 0 aromatic rings. The van der Waals surface area contributed by atoms with Crippen LogP contribution in [0.3, 0.4) is 0 Å². The van der Waals surface area contributed by atoms with E-state index in [9.17, 15) is 40.5 Å². The number of hydrogen-bond donors (Lipinski definition) is 7. The molecule has 78 heavy (non-hydrogen) atoms. The molecule has 0 radical (unpaired) electrons. The lowest BCUT2D eigenvalue weighted by Gasteiger charge is -2.42. The Morgan fingerprint density at radius 1 is 0.436 bits per heavy atom. The Labute approximate surface area is 471 Å². The Hall–Kier alpha value is -2.83. The highest BCUT2D eigenvalue weighted by atomic mass is 16.7. The number of carbonyl (C=O) groups is 1. The van der Waals surface area contributed by atoms with Crippen LogP contribution < -0.4 is 0 Å². The third-order valence-corrected chi connectivity index (χ3v) is 14.1. The van der Waals surface area contributed by atoms with Crippen molar-refractivity contribution in [3.63, 3.8) is 0 Å². The van der Waals surface area contributed by atoms with Gasteiger partial charge in [-0.3, -0.25) is 4.79 Å². The first-order chi connectivity index (χ1) is 38.1. The van der Waals surface area contributed by atoms with Crippen molar-refractivity contribution in [2.45, 2.75) is 280 Å². The SMILES string of the molecule is CC/C=C\C/C=C\C/C=C\C/C=C\C/C=C\CCCCCCCCCCCCOCC(COC1OC(COC2OC(CO)C(O)C(O)C2O)C(O)C(O)C1O)OC(=O)CCCCCCCCC/C=C\C/C=C\CCCCCC. The van der Waals surface area contributed by atoms with Crippen LogP contribution in [0.15, 0.2) is 85.1 Å². The fourth-order valence-electron chi connectivity index (χ4n) is 9.22. The first-order valence-corrected chi connectivity index (χ1v) is 30.7. The van der Waals surface area contributed by atoms with Crippen LogP contribution in [0, 0.1) is 0 Å². The van der Waals surface area contributed by atoms with Gasteiger partial charge in [-0.05, 0) is 89.9 Å². The number of ether oxygens (including phenoxy) is 6. The standard InChI is InChI=1S/C64H110O14/c1-3-5-7-9-11-13-15-17-19-21-23-24-25-26-27-28-29-30-32-34-36-38-40-42-44-46-48-73-50-53(76-56(66)47-45-43-41-39-37-35-33-31-22-20-18-16-14-12-10-8-6-4-2)51-74-63-62(72)60(70)58(68)55(78-63)52-75-64-61(71)59(69)57(67)54(49-65)77-64/h5,7,11,13-14,16-17,19-20,22-24,26-27,53-55,57-65,67-72H,3-4,6,8-10,12,15,18,21,25,28-52H2,1-2H3/b7-5-,13-11-,16-14-,19-17-,22-20-,24-23-,27-26-. The third-order valence-electron chi connectivity index (χ3n) is 14.1. The molecule has 0 amide bonds. The Kier molecular flexibility index (Phi) is 45.6. The first-order valence-electron chi connectivity index (χ1n) is 30.7. The summed E-state index contributed by atoms with van der Waals surface area (Å²) in [5, 5.41) is 72.4. The van der Waals surface area contributed by atoms with Crippen molar-refractivity contribution in [1.82, 2.24) is 0 Å². The topological polar surface area (TPSA) is 214 Å². The summed E-state index contributed by atoms with van der Waals surface area (Å²) >= 11 is 0. The molecule has 0 aromatic carbocycles. The van der Waals surface area contributed by atoms with Gasteiger partial charge in [0, 0.05) is 13.0 Å². The molecule has 2 rings (SSSR count). The Balaban J connectivity index is 1.69. The number of aliphatic hydroxyl groups is 7. The molecule has 2 heterocycles. The van der Waals surface area contributed by atoms with Crippen LogP contribution in [0.25, 0.3) is 0 Å². The van der Waals surface area contributed by atoms with E-state index in [0.29, 0.717) is 13.0 Å². The fourth-order valence-corrected chi connectivity index (χ4v) is 9.22. The van der Waals surface area contributed by atoms with Gasteiger partial charge in [0.2, 0.25) is 0 Å². The lowest BCUT2D eigenvalue weighted by molar-refractivity contribution is -0.332. The molecule has 11 atom stereocenters. The summed E-state index contributed by atoms with van der Waals surface area (Å²) in [6.45, 7) is 3.54. The van der Waals surface area contributed by atoms with Crippen molar-refractivity contribution in [2.75, 3.05) is 33.0 Å². The Bertz CT molecular complexity index is 1610. The van der Waals surface area contributed by atoms with E-state index in [2.05, 4.69) is 98.9 Å². The molecule has 14 heteroatoms. The number of aliphatic hydroxyl groups excluding tert-OH is 7. The second kappa shape index (κ2) is 49.9. The average molecular weight is 1100 g/mol. The lowest BCUT2D eigenvalue weighted by Crippen LogP contribution is -2.61. The minimum Gasteiger partial charge on any atom is -0.457 e. The van der Waals surface area contributed by atoms with Gasteiger partial charge in [-0.25, -0.2) is 0 Å². The van der Waals surface area contributed by atoms with Crippen LogP contribution in [0.1, 0.15) is 213 Å². The molecule has 0 bridgehead atoms. The predicted molar refractivity (Wildman–Crippen MR) is 312 cm³/mol. The second-order valence-electron chi connectivity index (χ2n) is 21.1. The number of hydrogen-bond acceptors (Lipinski definition) is 14.